The number of halogens is 4. The fourth-order valence-corrected chi connectivity index (χ4v) is 2.88. The van der Waals surface area contributed by atoms with Gasteiger partial charge in [-0.3, -0.25) is 4.79 Å². The van der Waals surface area contributed by atoms with E-state index in [0.717, 1.165) is 22.2 Å². The summed E-state index contributed by atoms with van der Waals surface area (Å²) in [7, 11) is 1.56. The molecule has 1 N–H and O–H groups in total. The summed E-state index contributed by atoms with van der Waals surface area (Å²) in [6.45, 7) is 1.83. The molecule has 0 saturated heterocycles. The van der Waals surface area contributed by atoms with Gasteiger partial charge in [0.2, 0.25) is 5.91 Å². The van der Waals surface area contributed by atoms with Crippen LogP contribution in [0.25, 0.3) is 0 Å². The zero-order valence-corrected chi connectivity index (χ0v) is 15.2. The van der Waals surface area contributed by atoms with E-state index >= 15 is 0 Å². The van der Waals surface area contributed by atoms with Crippen LogP contribution in [-0.4, -0.2) is 13.0 Å². The minimum Gasteiger partial charge on any atom is -0.496 e. The summed E-state index contributed by atoms with van der Waals surface area (Å²) < 4.78 is 43.5. The highest BCUT2D eigenvalue weighted by Crippen LogP contribution is 2.29. The van der Waals surface area contributed by atoms with Gasteiger partial charge in [-0.1, -0.05) is 18.2 Å². The molecule has 0 saturated carbocycles. The number of alkyl halides is 3. The van der Waals surface area contributed by atoms with E-state index in [1.807, 2.05) is 19.1 Å². The summed E-state index contributed by atoms with van der Waals surface area (Å²) >= 11 is 3.39. The van der Waals surface area contributed by atoms with E-state index in [2.05, 4.69) is 21.2 Å². The van der Waals surface area contributed by atoms with E-state index in [0.29, 0.717) is 11.3 Å². The first-order valence-electron chi connectivity index (χ1n) is 7.49. The van der Waals surface area contributed by atoms with Gasteiger partial charge in [-0.05, 0) is 58.2 Å². The highest BCUT2D eigenvalue weighted by molar-refractivity contribution is 9.10. The molecule has 2 aromatic rings. The Labute approximate surface area is 152 Å². The fourth-order valence-electron chi connectivity index (χ4n) is 2.32. The second-order valence-corrected chi connectivity index (χ2v) is 6.41. The Bertz CT molecular complexity index is 745. The molecule has 0 bridgehead atoms. The van der Waals surface area contributed by atoms with Crippen LogP contribution >= 0.6 is 15.9 Å². The molecule has 134 valence electrons. The van der Waals surface area contributed by atoms with Crippen LogP contribution in [0.4, 0.5) is 13.2 Å². The Hall–Kier alpha value is -2.02. The molecule has 3 nitrogen and oxygen atoms in total. The zero-order chi connectivity index (χ0) is 18.6. The molecule has 7 heteroatoms. The van der Waals surface area contributed by atoms with E-state index < -0.39 is 11.7 Å². The van der Waals surface area contributed by atoms with Gasteiger partial charge < -0.3 is 10.1 Å². The van der Waals surface area contributed by atoms with E-state index in [1.54, 1.807) is 13.2 Å². The van der Waals surface area contributed by atoms with Gasteiger partial charge in [0, 0.05) is 0 Å². The number of ether oxygens (including phenoxy) is 1. The molecule has 0 aliphatic rings. The standard InChI is InChI=1S/C18H17BrF3NO2/c1-11(13-5-8-16(25-2)15(19)10-13)23-17(24)9-12-3-6-14(7-4-12)18(20,21)22/h3-8,10-11H,9H2,1-2H3,(H,23,24). The SMILES string of the molecule is COc1ccc(C(C)NC(=O)Cc2ccc(C(F)(F)F)cc2)cc1Br. The van der Waals surface area contributed by atoms with Gasteiger partial charge in [-0.15, -0.1) is 0 Å². The molecular weight excluding hydrogens is 399 g/mol. The first-order valence-corrected chi connectivity index (χ1v) is 8.29. The molecule has 2 aromatic carbocycles. The number of hydrogen-bond acceptors (Lipinski definition) is 2. The number of carbonyl (C=O) groups is 1. The maximum absolute atomic E-state index is 12.5. The number of nitrogens with one attached hydrogen (secondary N) is 1. The third-order valence-corrected chi connectivity index (χ3v) is 4.32. The molecule has 1 amide bonds. The van der Waals surface area contributed by atoms with Crippen LogP contribution in [0.15, 0.2) is 46.9 Å². The van der Waals surface area contributed by atoms with Crippen LogP contribution in [0.1, 0.15) is 29.7 Å². The van der Waals surface area contributed by atoms with Gasteiger partial charge in [0.15, 0.2) is 0 Å². The quantitative estimate of drug-likeness (QED) is 0.754. The Morgan fingerprint density at radius 1 is 1.20 bits per heavy atom. The number of carbonyl (C=O) groups excluding carboxylic acids is 1. The summed E-state index contributed by atoms with van der Waals surface area (Å²) in [5, 5.41) is 2.83. The predicted octanol–water partition coefficient (Wildman–Crippen LogP) is 4.90. The van der Waals surface area contributed by atoms with Crippen molar-refractivity contribution in [3.63, 3.8) is 0 Å². The van der Waals surface area contributed by atoms with Gasteiger partial charge in [0.1, 0.15) is 5.75 Å². The first kappa shape index (κ1) is 19.3. The van der Waals surface area contributed by atoms with Gasteiger partial charge in [0.25, 0.3) is 0 Å². The van der Waals surface area contributed by atoms with Crippen molar-refractivity contribution in [3.8, 4) is 5.75 Å². The number of amides is 1. The number of methoxy groups -OCH3 is 1. The van der Waals surface area contributed by atoms with Crippen LogP contribution in [-0.2, 0) is 17.4 Å². The van der Waals surface area contributed by atoms with Crippen molar-refractivity contribution in [1.82, 2.24) is 5.32 Å². The molecule has 1 atom stereocenters. The van der Waals surface area contributed by atoms with Crippen LogP contribution < -0.4 is 10.1 Å². The molecule has 0 aliphatic carbocycles. The number of benzene rings is 2. The molecule has 0 radical (unpaired) electrons. The number of rotatable bonds is 5. The third-order valence-electron chi connectivity index (χ3n) is 3.70. The highest BCUT2D eigenvalue weighted by atomic mass is 79.9. The maximum atomic E-state index is 12.5. The maximum Gasteiger partial charge on any atom is 0.416 e. The van der Waals surface area contributed by atoms with Gasteiger partial charge in [-0.25, -0.2) is 0 Å². The zero-order valence-electron chi connectivity index (χ0n) is 13.7. The summed E-state index contributed by atoms with van der Waals surface area (Å²) in [6.07, 6.45) is -4.36. The lowest BCUT2D eigenvalue weighted by atomic mass is 10.1. The molecular formula is C18H17BrF3NO2. The summed E-state index contributed by atoms with van der Waals surface area (Å²) in [6, 6.07) is 9.82. The van der Waals surface area contributed by atoms with Crippen molar-refractivity contribution < 1.29 is 22.7 Å². The summed E-state index contributed by atoms with van der Waals surface area (Å²) in [5.41, 5.74) is 0.676. The molecule has 0 aromatic heterocycles. The van der Waals surface area contributed by atoms with Crippen LogP contribution in [0.2, 0.25) is 0 Å². The Morgan fingerprint density at radius 2 is 1.84 bits per heavy atom. The summed E-state index contributed by atoms with van der Waals surface area (Å²) in [5.74, 6) is 0.422. The Balaban J connectivity index is 1.98. The van der Waals surface area contributed by atoms with E-state index in [4.69, 9.17) is 4.74 Å². The minimum atomic E-state index is -4.38. The average Bonchev–Trinajstić information content (AvgIpc) is 2.54. The fraction of sp³-hybridized carbons (Fsp3) is 0.278. The van der Waals surface area contributed by atoms with Crippen molar-refractivity contribution in [2.45, 2.75) is 25.6 Å². The molecule has 2 rings (SSSR count). The summed E-state index contributed by atoms with van der Waals surface area (Å²) in [4.78, 5) is 12.1. The van der Waals surface area contributed by atoms with Crippen LogP contribution in [0.3, 0.4) is 0 Å². The molecule has 0 fully saturated rings. The van der Waals surface area contributed by atoms with Crippen molar-refractivity contribution in [2.24, 2.45) is 0 Å². The van der Waals surface area contributed by atoms with Gasteiger partial charge in [-0.2, -0.15) is 13.2 Å². The minimum absolute atomic E-state index is 0.0137. The van der Waals surface area contributed by atoms with E-state index in [1.165, 1.54) is 12.1 Å². The smallest absolute Gasteiger partial charge is 0.416 e. The monoisotopic (exact) mass is 415 g/mol. The van der Waals surface area contributed by atoms with Gasteiger partial charge >= 0.3 is 6.18 Å². The normalized spacial score (nSPS) is 12.6. The van der Waals surface area contributed by atoms with Crippen molar-refractivity contribution >= 4 is 21.8 Å². The molecule has 0 spiro atoms. The van der Waals surface area contributed by atoms with Gasteiger partial charge in [0.05, 0.1) is 29.6 Å². The third kappa shape index (κ3) is 5.22. The van der Waals surface area contributed by atoms with E-state index in [9.17, 15) is 18.0 Å². The van der Waals surface area contributed by atoms with Crippen LogP contribution in [0.5, 0.6) is 5.75 Å². The lowest BCUT2D eigenvalue weighted by Crippen LogP contribution is -2.28. The molecule has 0 aliphatic heterocycles. The number of hydrogen-bond donors (Lipinski definition) is 1. The van der Waals surface area contributed by atoms with Crippen molar-refractivity contribution in [2.75, 3.05) is 7.11 Å². The van der Waals surface area contributed by atoms with Crippen molar-refractivity contribution in [1.29, 1.82) is 0 Å². The second-order valence-electron chi connectivity index (χ2n) is 5.55. The lowest BCUT2D eigenvalue weighted by Gasteiger charge is -2.16. The molecule has 25 heavy (non-hydrogen) atoms. The Kier molecular flexibility index (Phi) is 6.11. The molecule has 1 unspecified atom stereocenters. The lowest BCUT2D eigenvalue weighted by molar-refractivity contribution is -0.137. The largest absolute Gasteiger partial charge is 0.496 e. The Morgan fingerprint density at radius 3 is 2.36 bits per heavy atom. The predicted molar refractivity (Wildman–Crippen MR) is 92.4 cm³/mol. The second kappa shape index (κ2) is 7.91. The topological polar surface area (TPSA) is 38.3 Å². The van der Waals surface area contributed by atoms with Crippen LogP contribution in [0, 0.1) is 0 Å². The molecule has 0 heterocycles. The van der Waals surface area contributed by atoms with Crippen molar-refractivity contribution in [3.05, 3.63) is 63.6 Å². The highest BCUT2D eigenvalue weighted by Gasteiger charge is 2.30. The first-order chi connectivity index (χ1) is 11.7. The van der Waals surface area contributed by atoms with E-state index in [-0.39, 0.29) is 18.4 Å². The average molecular weight is 416 g/mol.